The van der Waals surface area contributed by atoms with E-state index in [1.54, 1.807) is 23.1 Å². The third kappa shape index (κ3) is 2.86. The van der Waals surface area contributed by atoms with Crippen molar-refractivity contribution in [2.75, 3.05) is 13.1 Å². The minimum absolute atomic E-state index is 0.169. The summed E-state index contributed by atoms with van der Waals surface area (Å²) in [5.41, 5.74) is 1.27. The zero-order chi connectivity index (χ0) is 13.1. The number of carbonyl (C=O) groups is 2. The monoisotopic (exact) mass is 263 g/mol. The predicted octanol–water partition coefficient (Wildman–Crippen LogP) is 0.670. The Morgan fingerprint density at radius 1 is 1.33 bits per heavy atom. The van der Waals surface area contributed by atoms with Gasteiger partial charge in [-0.25, -0.2) is 0 Å². The molecular formula is C12H10ClN3O2. The number of imide groups is 1. The number of hydrogen-bond donors (Lipinski definition) is 1. The van der Waals surface area contributed by atoms with Gasteiger partial charge in [-0.05, 0) is 17.7 Å². The van der Waals surface area contributed by atoms with Gasteiger partial charge in [0.25, 0.3) is 0 Å². The molecule has 5 nitrogen and oxygen atoms in total. The summed E-state index contributed by atoms with van der Waals surface area (Å²) in [6.45, 7) is 0.744. The summed E-state index contributed by atoms with van der Waals surface area (Å²) >= 11 is 6.04. The molecule has 1 fully saturated rings. The van der Waals surface area contributed by atoms with Crippen molar-refractivity contribution in [1.29, 1.82) is 5.26 Å². The molecule has 92 valence electrons. The maximum absolute atomic E-state index is 11.2. The molecule has 1 N–H and O–H groups in total. The van der Waals surface area contributed by atoms with Crippen molar-refractivity contribution in [3.8, 4) is 6.07 Å². The fraction of sp³-hybridized carbons (Fsp3) is 0.250. The van der Waals surface area contributed by atoms with Gasteiger partial charge in [0.1, 0.15) is 0 Å². The quantitative estimate of drug-likeness (QED) is 0.796. The average Bonchev–Trinajstić information content (AvgIpc) is 2.30. The number of piperazine rings is 1. The van der Waals surface area contributed by atoms with Gasteiger partial charge >= 0.3 is 0 Å². The highest BCUT2D eigenvalue weighted by molar-refractivity contribution is 6.31. The molecule has 2 rings (SSSR count). The topological polar surface area (TPSA) is 73.2 Å². The van der Waals surface area contributed by atoms with E-state index in [2.05, 4.69) is 5.32 Å². The molecule has 0 unspecified atom stereocenters. The van der Waals surface area contributed by atoms with E-state index >= 15 is 0 Å². The molecule has 1 aromatic carbocycles. The number of amides is 2. The third-order valence-electron chi connectivity index (χ3n) is 2.59. The lowest BCUT2D eigenvalue weighted by Gasteiger charge is -2.25. The van der Waals surface area contributed by atoms with Crippen molar-refractivity contribution in [1.82, 2.24) is 10.2 Å². The summed E-state index contributed by atoms with van der Waals surface area (Å²) < 4.78 is 0. The van der Waals surface area contributed by atoms with Gasteiger partial charge in [-0.2, -0.15) is 5.26 Å². The van der Waals surface area contributed by atoms with Crippen LogP contribution in [-0.2, 0) is 16.1 Å². The van der Waals surface area contributed by atoms with Crippen LogP contribution in [0.1, 0.15) is 11.1 Å². The van der Waals surface area contributed by atoms with Gasteiger partial charge in [0.2, 0.25) is 11.8 Å². The highest BCUT2D eigenvalue weighted by Gasteiger charge is 2.22. The number of nitriles is 1. The molecule has 0 aliphatic carbocycles. The van der Waals surface area contributed by atoms with E-state index in [4.69, 9.17) is 16.9 Å². The SMILES string of the molecule is N#Cc1ccc(CN2CC(=O)NC(=O)C2)c(Cl)c1. The average molecular weight is 264 g/mol. The van der Waals surface area contributed by atoms with E-state index in [-0.39, 0.29) is 24.9 Å². The molecule has 1 saturated heterocycles. The van der Waals surface area contributed by atoms with Crippen molar-refractivity contribution >= 4 is 23.4 Å². The molecule has 0 spiro atoms. The van der Waals surface area contributed by atoms with Crippen LogP contribution in [0.25, 0.3) is 0 Å². The number of carbonyl (C=O) groups excluding carboxylic acids is 2. The molecule has 0 radical (unpaired) electrons. The number of nitrogens with zero attached hydrogens (tertiary/aromatic N) is 2. The van der Waals surface area contributed by atoms with Crippen LogP contribution in [-0.4, -0.2) is 29.8 Å². The van der Waals surface area contributed by atoms with Gasteiger partial charge < -0.3 is 0 Å². The third-order valence-corrected chi connectivity index (χ3v) is 2.94. The number of rotatable bonds is 2. The zero-order valence-electron chi connectivity index (χ0n) is 9.44. The van der Waals surface area contributed by atoms with E-state index in [0.29, 0.717) is 17.1 Å². The van der Waals surface area contributed by atoms with Gasteiger partial charge in [-0.3, -0.25) is 19.8 Å². The Labute approximate surface area is 109 Å². The first-order chi connectivity index (χ1) is 8.58. The lowest BCUT2D eigenvalue weighted by Crippen LogP contribution is -2.50. The van der Waals surface area contributed by atoms with Crippen LogP contribution in [0.4, 0.5) is 0 Å². The van der Waals surface area contributed by atoms with Gasteiger partial charge in [0.15, 0.2) is 0 Å². The number of halogens is 1. The molecule has 2 amide bonds. The molecule has 0 bridgehead atoms. The number of benzene rings is 1. The molecule has 0 saturated carbocycles. The normalized spacial score (nSPS) is 16.2. The van der Waals surface area contributed by atoms with E-state index in [0.717, 1.165) is 5.56 Å². The predicted molar refractivity (Wildman–Crippen MR) is 64.6 cm³/mol. The Morgan fingerprint density at radius 2 is 2.00 bits per heavy atom. The smallest absolute Gasteiger partial charge is 0.240 e. The molecular weight excluding hydrogens is 254 g/mol. The first-order valence-electron chi connectivity index (χ1n) is 5.32. The Bertz CT molecular complexity index is 535. The molecule has 1 aliphatic heterocycles. The van der Waals surface area contributed by atoms with Crippen LogP contribution in [0.15, 0.2) is 18.2 Å². The van der Waals surface area contributed by atoms with Crippen LogP contribution in [0.3, 0.4) is 0 Å². The van der Waals surface area contributed by atoms with Crippen LogP contribution >= 0.6 is 11.6 Å². The Balaban J connectivity index is 2.12. The van der Waals surface area contributed by atoms with Crippen LogP contribution in [0, 0.1) is 11.3 Å². The Kier molecular flexibility index (Phi) is 3.60. The molecule has 1 aliphatic rings. The van der Waals surface area contributed by atoms with Crippen molar-refractivity contribution in [3.63, 3.8) is 0 Å². The van der Waals surface area contributed by atoms with Gasteiger partial charge in [0, 0.05) is 11.6 Å². The Hall–Kier alpha value is -1.90. The maximum Gasteiger partial charge on any atom is 0.240 e. The molecule has 1 heterocycles. The maximum atomic E-state index is 11.2. The first-order valence-corrected chi connectivity index (χ1v) is 5.70. The molecule has 0 aromatic heterocycles. The highest BCUT2D eigenvalue weighted by Crippen LogP contribution is 2.19. The lowest BCUT2D eigenvalue weighted by atomic mass is 10.1. The minimum Gasteiger partial charge on any atom is -0.294 e. The van der Waals surface area contributed by atoms with E-state index < -0.39 is 0 Å². The molecule has 0 atom stereocenters. The van der Waals surface area contributed by atoms with Crippen molar-refractivity contribution in [3.05, 3.63) is 34.3 Å². The summed E-state index contributed by atoms with van der Waals surface area (Å²) in [7, 11) is 0. The van der Waals surface area contributed by atoms with Crippen molar-refractivity contribution in [2.24, 2.45) is 0 Å². The molecule has 6 heteroatoms. The summed E-state index contributed by atoms with van der Waals surface area (Å²) in [5.74, 6) is -0.618. The van der Waals surface area contributed by atoms with Crippen molar-refractivity contribution in [2.45, 2.75) is 6.54 Å². The highest BCUT2D eigenvalue weighted by atomic mass is 35.5. The minimum atomic E-state index is -0.309. The Morgan fingerprint density at radius 3 is 2.56 bits per heavy atom. The van der Waals surface area contributed by atoms with Gasteiger partial charge in [-0.15, -0.1) is 0 Å². The fourth-order valence-corrected chi connectivity index (χ4v) is 2.03. The van der Waals surface area contributed by atoms with Crippen LogP contribution in [0.2, 0.25) is 5.02 Å². The van der Waals surface area contributed by atoms with Gasteiger partial charge in [0.05, 0.1) is 24.7 Å². The fourth-order valence-electron chi connectivity index (χ4n) is 1.79. The largest absolute Gasteiger partial charge is 0.294 e. The first kappa shape index (κ1) is 12.6. The number of hydrogen-bond acceptors (Lipinski definition) is 4. The standard InChI is InChI=1S/C12H10ClN3O2/c13-10-3-8(4-14)1-2-9(10)5-16-6-11(17)15-12(18)7-16/h1-3H,5-7H2,(H,15,17,18). The summed E-state index contributed by atoms with van der Waals surface area (Å²) in [5, 5.41) is 11.4. The van der Waals surface area contributed by atoms with Crippen LogP contribution in [0.5, 0.6) is 0 Å². The molecule has 18 heavy (non-hydrogen) atoms. The second-order valence-electron chi connectivity index (χ2n) is 4.03. The van der Waals surface area contributed by atoms with E-state index in [9.17, 15) is 9.59 Å². The van der Waals surface area contributed by atoms with E-state index in [1.807, 2.05) is 6.07 Å². The van der Waals surface area contributed by atoms with Crippen molar-refractivity contribution < 1.29 is 9.59 Å². The second-order valence-corrected chi connectivity index (χ2v) is 4.44. The number of nitrogens with one attached hydrogen (secondary N) is 1. The second kappa shape index (κ2) is 5.17. The summed E-state index contributed by atoms with van der Waals surface area (Å²) in [4.78, 5) is 24.1. The van der Waals surface area contributed by atoms with Crippen LogP contribution < -0.4 is 5.32 Å². The summed E-state index contributed by atoms with van der Waals surface area (Å²) in [6.07, 6.45) is 0. The zero-order valence-corrected chi connectivity index (χ0v) is 10.2. The lowest BCUT2D eigenvalue weighted by molar-refractivity contribution is -0.136. The van der Waals surface area contributed by atoms with E-state index in [1.165, 1.54) is 0 Å². The molecule has 1 aromatic rings. The summed E-state index contributed by atoms with van der Waals surface area (Å²) in [6, 6.07) is 6.96. The van der Waals surface area contributed by atoms with Gasteiger partial charge in [-0.1, -0.05) is 17.7 Å².